The second-order valence-corrected chi connectivity index (χ2v) is 4.24. The van der Waals surface area contributed by atoms with Crippen LogP contribution in [0.2, 0.25) is 0 Å². The Bertz CT molecular complexity index is 399. The molecule has 0 saturated carbocycles. The number of hydrogen-bond donors (Lipinski definition) is 1. The fourth-order valence-corrected chi connectivity index (χ4v) is 1.31. The number of non-ortho nitro benzene ring substituents is 1. The second-order valence-electron chi connectivity index (χ2n) is 4.24. The number of hydrogen-bond acceptors (Lipinski definition) is 3. The highest BCUT2D eigenvalue weighted by molar-refractivity contribution is 5.94. The number of nitrogens with zero attached hydrogens (tertiary/aromatic N) is 1. The Morgan fingerprint density at radius 3 is 2.41 bits per heavy atom. The summed E-state index contributed by atoms with van der Waals surface area (Å²) in [5.41, 5.74) is 0.433. The standard InChI is InChI=1S/C12H16N2O3/c1-9(2)7-8-13-12(15)10-3-5-11(6-4-10)14(16)17/h3-6,9H,7-8H2,1-2H3,(H,13,15). The van der Waals surface area contributed by atoms with Crippen molar-refractivity contribution in [1.82, 2.24) is 5.32 Å². The molecule has 0 fully saturated rings. The summed E-state index contributed by atoms with van der Waals surface area (Å²) >= 11 is 0. The topological polar surface area (TPSA) is 72.2 Å². The fraction of sp³-hybridized carbons (Fsp3) is 0.417. The quantitative estimate of drug-likeness (QED) is 0.630. The zero-order valence-electron chi connectivity index (χ0n) is 9.97. The van der Waals surface area contributed by atoms with Crippen LogP contribution in [-0.4, -0.2) is 17.4 Å². The second kappa shape index (κ2) is 5.98. The lowest BCUT2D eigenvalue weighted by Crippen LogP contribution is -2.25. The maximum Gasteiger partial charge on any atom is 0.269 e. The Morgan fingerprint density at radius 1 is 1.35 bits per heavy atom. The largest absolute Gasteiger partial charge is 0.352 e. The van der Waals surface area contributed by atoms with Gasteiger partial charge in [-0.2, -0.15) is 0 Å². The number of rotatable bonds is 5. The van der Waals surface area contributed by atoms with Crippen molar-refractivity contribution >= 4 is 11.6 Å². The number of benzene rings is 1. The Balaban J connectivity index is 2.55. The van der Waals surface area contributed by atoms with Crippen LogP contribution in [-0.2, 0) is 0 Å². The van der Waals surface area contributed by atoms with Crippen molar-refractivity contribution in [3.8, 4) is 0 Å². The van der Waals surface area contributed by atoms with E-state index in [1.807, 2.05) is 0 Å². The van der Waals surface area contributed by atoms with Crippen LogP contribution < -0.4 is 5.32 Å². The van der Waals surface area contributed by atoms with Crippen LogP contribution in [0.25, 0.3) is 0 Å². The summed E-state index contributed by atoms with van der Waals surface area (Å²) in [6.07, 6.45) is 0.915. The molecule has 0 aromatic heterocycles. The molecule has 0 heterocycles. The molecule has 1 aromatic carbocycles. The first-order valence-corrected chi connectivity index (χ1v) is 5.53. The van der Waals surface area contributed by atoms with Gasteiger partial charge in [0.15, 0.2) is 0 Å². The molecule has 5 nitrogen and oxygen atoms in total. The van der Waals surface area contributed by atoms with Crippen LogP contribution >= 0.6 is 0 Å². The zero-order chi connectivity index (χ0) is 12.8. The lowest BCUT2D eigenvalue weighted by Gasteiger charge is -2.06. The molecule has 0 spiro atoms. The first-order chi connectivity index (χ1) is 8.00. The maximum absolute atomic E-state index is 11.6. The molecule has 1 N–H and O–H groups in total. The molecule has 1 aromatic rings. The third-order valence-electron chi connectivity index (χ3n) is 2.35. The normalized spacial score (nSPS) is 10.3. The molecule has 17 heavy (non-hydrogen) atoms. The molecule has 0 aliphatic heterocycles. The fourth-order valence-electron chi connectivity index (χ4n) is 1.31. The van der Waals surface area contributed by atoms with E-state index in [1.54, 1.807) is 0 Å². The third kappa shape index (κ3) is 4.22. The average molecular weight is 236 g/mol. The highest BCUT2D eigenvalue weighted by Crippen LogP contribution is 2.11. The molecular weight excluding hydrogens is 220 g/mol. The number of carbonyl (C=O) groups excluding carboxylic acids is 1. The van der Waals surface area contributed by atoms with E-state index in [1.165, 1.54) is 24.3 Å². The van der Waals surface area contributed by atoms with Crippen molar-refractivity contribution < 1.29 is 9.72 Å². The molecule has 0 radical (unpaired) electrons. The Labute approximate surface area is 100.0 Å². The van der Waals surface area contributed by atoms with Crippen LogP contribution in [0.3, 0.4) is 0 Å². The predicted molar refractivity (Wildman–Crippen MR) is 64.9 cm³/mol. The van der Waals surface area contributed by atoms with Gasteiger partial charge in [0.25, 0.3) is 11.6 Å². The number of carbonyl (C=O) groups is 1. The van der Waals surface area contributed by atoms with Gasteiger partial charge >= 0.3 is 0 Å². The van der Waals surface area contributed by atoms with E-state index < -0.39 is 4.92 Å². The number of nitrogens with one attached hydrogen (secondary N) is 1. The molecule has 0 atom stereocenters. The molecular formula is C12H16N2O3. The highest BCUT2D eigenvalue weighted by atomic mass is 16.6. The summed E-state index contributed by atoms with van der Waals surface area (Å²) in [6, 6.07) is 5.58. The summed E-state index contributed by atoms with van der Waals surface area (Å²) in [6.45, 7) is 4.78. The van der Waals surface area contributed by atoms with Gasteiger partial charge in [-0.3, -0.25) is 14.9 Å². The van der Waals surface area contributed by atoms with E-state index in [0.717, 1.165) is 6.42 Å². The summed E-state index contributed by atoms with van der Waals surface area (Å²) in [4.78, 5) is 21.6. The molecule has 1 rings (SSSR count). The Hall–Kier alpha value is -1.91. The van der Waals surface area contributed by atoms with Crippen LogP contribution in [0.4, 0.5) is 5.69 Å². The minimum Gasteiger partial charge on any atom is -0.352 e. The molecule has 0 aliphatic carbocycles. The van der Waals surface area contributed by atoms with E-state index in [-0.39, 0.29) is 11.6 Å². The SMILES string of the molecule is CC(C)CCNC(=O)c1ccc([N+](=O)[O-])cc1. The lowest BCUT2D eigenvalue weighted by atomic mass is 10.1. The molecule has 0 bridgehead atoms. The molecule has 5 heteroatoms. The lowest BCUT2D eigenvalue weighted by molar-refractivity contribution is -0.384. The summed E-state index contributed by atoms with van der Waals surface area (Å²) in [7, 11) is 0. The van der Waals surface area contributed by atoms with E-state index in [0.29, 0.717) is 18.0 Å². The van der Waals surface area contributed by atoms with Gasteiger partial charge in [-0.25, -0.2) is 0 Å². The van der Waals surface area contributed by atoms with Gasteiger partial charge in [0.1, 0.15) is 0 Å². The molecule has 0 saturated heterocycles. The minimum absolute atomic E-state index is 0.0104. The molecule has 0 aliphatic rings. The predicted octanol–water partition coefficient (Wildman–Crippen LogP) is 2.37. The Kier molecular flexibility index (Phi) is 4.63. The molecule has 1 amide bonds. The van der Waals surface area contributed by atoms with Crippen molar-refractivity contribution in [2.24, 2.45) is 5.92 Å². The van der Waals surface area contributed by atoms with Gasteiger partial charge in [-0.1, -0.05) is 13.8 Å². The van der Waals surface area contributed by atoms with Gasteiger partial charge in [0.05, 0.1) is 4.92 Å². The van der Waals surface area contributed by atoms with Gasteiger partial charge < -0.3 is 5.32 Å². The van der Waals surface area contributed by atoms with Crippen molar-refractivity contribution in [2.75, 3.05) is 6.54 Å². The molecule has 0 unspecified atom stereocenters. The van der Waals surface area contributed by atoms with Gasteiger partial charge in [0, 0.05) is 24.2 Å². The van der Waals surface area contributed by atoms with Crippen LogP contribution in [0.15, 0.2) is 24.3 Å². The van der Waals surface area contributed by atoms with Crippen molar-refractivity contribution in [2.45, 2.75) is 20.3 Å². The van der Waals surface area contributed by atoms with Gasteiger partial charge in [-0.15, -0.1) is 0 Å². The maximum atomic E-state index is 11.6. The summed E-state index contributed by atoms with van der Waals surface area (Å²) < 4.78 is 0. The average Bonchev–Trinajstić information content (AvgIpc) is 2.28. The van der Waals surface area contributed by atoms with Crippen LogP contribution in [0.1, 0.15) is 30.6 Å². The third-order valence-corrected chi connectivity index (χ3v) is 2.35. The summed E-state index contributed by atoms with van der Waals surface area (Å²) in [5.74, 6) is 0.340. The molecule has 92 valence electrons. The van der Waals surface area contributed by atoms with Crippen molar-refractivity contribution in [3.05, 3.63) is 39.9 Å². The minimum atomic E-state index is -0.486. The van der Waals surface area contributed by atoms with Gasteiger partial charge in [0.2, 0.25) is 0 Å². The zero-order valence-corrected chi connectivity index (χ0v) is 9.97. The van der Waals surface area contributed by atoms with Gasteiger partial charge in [-0.05, 0) is 24.5 Å². The smallest absolute Gasteiger partial charge is 0.269 e. The number of amides is 1. The van der Waals surface area contributed by atoms with Crippen LogP contribution in [0.5, 0.6) is 0 Å². The van der Waals surface area contributed by atoms with Crippen molar-refractivity contribution in [1.29, 1.82) is 0 Å². The summed E-state index contributed by atoms with van der Waals surface area (Å²) in [5, 5.41) is 13.2. The van der Waals surface area contributed by atoms with Crippen molar-refractivity contribution in [3.63, 3.8) is 0 Å². The monoisotopic (exact) mass is 236 g/mol. The van der Waals surface area contributed by atoms with E-state index in [9.17, 15) is 14.9 Å². The number of nitro benzene ring substituents is 1. The number of nitro groups is 1. The van der Waals surface area contributed by atoms with E-state index in [4.69, 9.17) is 0 Å². The first kappa shape index (κ1) is 13.2. The van der Waals surface area contributed by atoms with E-state index in [2.05, 4.69) is 19.2 Å². The first-order valence-electron chi connectivity index (χ1n) is 5.53. The van der Waals surface area contributed by atoms with E-state index >= 15 is 0 Å². The Morgan fingerprint density at radius 2 is 1.94 bits per heavy atom. The van der Waals surface area contributed by atoms with Crippen LogP contribution in [0, 0.1) is 16.0 Å². The highest BCUT2D eigenvalue weighted by Gasteiger charge is 2.08.